The summed E-state index contributed by atoms with van der Waals surface area (Å²) in [6.07, 6.45) is 76.5. The van der Waals surface area contributed by atoms with Gasteiger partial charge in [0.2, 0.25) is 0 Å². The summed E-state index contributed by atoms with van der Waals surface area (Å²) < 4.78 is 16.8. The number of allylic oxidation sites excluding steroid dienone is 18. The molecule has 0 amide bonds. The quantitative estimate of drug-likeness (QED) is 0.0199. The van der Waals surface area contributed by atoms with Crippen LogP contribution in [0.5, 0.6) is 0 Å². The maximum absolute atomic E-state index is 12.9. The molecule has 0 saturated carbocycles. The van der Waals surface area contributed by atoms with Crippen molar-refractivity contribution in [2.45, 2.75) is 258 Å². The van der Waals surface area contributed by atoms with Crippen molar-refractivity contribution in [2.75, 3.05) is 13.2 Å². The summed E-state index contributed by atoms with van der Waals surface area (Å²) in [4.78, 5) is 38.2. The molecule has 0 aromatic carbocycles. The SMILES string of the molecule is CC\C=C/C=C\C=C/CCCCCCCC(=O)OCC(COC(=O)CCCCCCCCCCC/C=C\C/C=C\C/C=C\CC)OC(=O)CCCCCCCCCCC/C=C\C/C=C\C/C=C\CC. The fourth-order valence-electron chi connectivity index (χ4n) is 7.65. The number of unbranched alkanes of at least 4 members (excludes halogenated alkanes) is 23. The van der Waals surface area contributed by atoms with Gasteiger partial charge in [-0.15, -0.1) is 0 Å². The largest absolute Gasteiger partial charge is 0.462 e. The summed E-state index contributed by atoms with van der Waals surface area (Å²) in [6.45, 7) is 6.27. The molecule has 6 nitrogen and oxygen atoms in total. The average molecular weight is 958 g/mol. The lowest BCUT2D eigenvalue weighted by atomic mass is 10.1. The van der Waals surface area contributed by atoms with E-state index in [4.69, 9.17) is 14.2 Å². The van der Waals surface area contributed by atoms with Crippen LogP contribution in [0.15, 0.2) is 109 Å². The number of hydrogen-bond donors (Lipinski definition) is 0. The topological polar surface area (TPSA) is 78.9 Å². The van der Waals surface area contributed by atoms with E-state index in [1.165, 1.54) is 83.5 Å². The zero-order valence-electron chi connectivity index (χ0n) is 44.8. The molecule has 0 aromatic rings. The average Bonchev–Trinajstić information content (AvgIpc) is 3.35. The van der Waals surface area contributed by atoms with E-state index in [1.54, 1.807) is 0 Å². The number of carbonyl (C=O) groups is 3. The maximum atomic E-state index is 12.9. The Morgan fingerprint density at radius 1 is 0.304 bits per heavy atom. The van der Waals surface area contributed by atoms with Gasteiger partial charge in [0.1, 0.15) is 13.2 Å². The molecule has 69 heavy (non-hydrogen) atoms. The van der Waals surface area contributed by atoms with Gasteiger partial charge in [-0.3, -0.25) is 14.4 Å². The summed E-state index contributed by atoms with van der Waals surface area (Å²) in [5, 5.41) is 0. The van der Waals surface area contributed by atoms with Crippen molar-refractivity contribution >= 4 is 17.9 Å². The van der Waals surface area contributed by atoms with Crippen molar-refractivity contribution in [1.82, 2.24) is 0 Å². The van der Waals surface area contributed by atoms with Gasteiger partial charge < -0.3 is 14.2 Å². The van der Waals surface area contributed by atoms with E-state index in [0.29, 0.717) is 19.3 Å². The second-order valence-electron chi connectivity index (χ2n) is 18.5. The van der Waals surface area contributed by atoms with Gasteiger partial charge in [0.05, 0.1) is 0 Å². The Balaban J connectivity index is 4.40. The smallest absolute Gasteiger partial charge is 0.306 e. The molecule has 0 aliphatic heterocycles. The zero-order chi connectivity index (χ0) is 50.0. The van der Waals surface area contributed by atoms with E-state index in [2.05, 4.69) is 130 Å². The van der Waals surface area contributed by atoms with Crippen LogP contribution in [-0.2, 0) is 28.6 Å². The molecule has 0 spiro atoms. The molecular weight excluding hydrogens is 853 g/mol. The molecule has 0 aliphatic carbocycles. The molecule has 0 saturated heterocycles. The summed E-state index contributed by atoms with van der Waals surface area (Å²) in [5.74, 6) is -0.922. The minimum Gasteiger partial charge on any atom is -0.462 e. The highest BCUT2D eigenvalue weighted by Gasteiger charge is 2.19. The van der Waals surface area contributed by atoms with Crippen molar-refractivity contribution in [3.63, 3.8) is 0 Å². The summed E-state index contributed by atoms with van der Waals surface area (Å²) >= 11 is 0. The Hall–Kier alpha value is -3.93. The highest BCUT2D eigenvalue weighted by molar-refractivity contribution is 5.71. The number of hydrogen-bond acceptors (Lipinski definition) is 6. The van der Waals surface area contributed by atoms with Gasteiger partial charge >= 0.3 is 17.9 Å². The molecule has 0 aliphatic rings. The van der Waals surface area contributed by atoms with Gasteiger partial charge in [-0.05, 0) is 103 Å². The van der Waals surface area contributed by atoms with E-state index in [-0.39, 0.29) is 31.1 Å². The lowest BCUT2D eigenvalue weighted by Gasteiger charge is -2.18. The highest BCUT2D eigenvalue weighted by Crippen LogP contribution is 2.15. The van der Waals surface area contributed by atoms with E-state index in [1.807, 2.05) is 0 Å². The van der Waals surface area contributed by atoms with Crippen LogP contribution in [0.1, 0.15) is 252 Å². The van der Waals surface area contributed by atoms with Crippen LogP contribution in [0, 0.1) is 0 Å². The molecule has 1 atom stereocenters. The second kappa shape index (κ2) is 56.7. The third kappa shape index (κ3) is 54.9. The third-order valence-electron chi connectivity index (χ3n) is 11.8. The van der Waals surface area contributed by atoms with Gasteiger partial charge in [-0.25, -0.2) is 0 Å². The predicted octanol–water partition coefficient (Wildman–Crippen LogP) is 19.1. The fraction of sp³-hybridized carbons (Fsp3) is 0.667. The summed E-state index contributed by atoms with van der Waals surface area (Å²) in [5.41, 5.74) is 0. The molecule has 0 heterocycles. The second-order valence-corrected chi connectivity index (χ2v) is 18.5. The summed E-state index contributed by atoms with van der Waals surface area (Å²) in [7, 11) is 0. The maximum Gasteiger partial charge on any atom is 0.306 e. The van der Waals surface area contributed by atoms with E-state index < -0.39 is 6.10 Å². The Morgan fingerprint density at radius 3 is 0.971 bits per heavy atom. The van der Waals surface area contributed by atoms with E-state index in [9.17, 15) is 14.4 Å². The van der Waals surface area contributed by atoms with Crippen LogP contribution in [0.25, 0.3) is 0 Å². The Morgan fingerprint density at radius 2 is 0.594 bits per heavy atom. The molecule has 392 valence electrons. The number of esters is 3. The first-order chi connectivity index (χ1) is 34.0. The Kier molecular flexibility index (Phi) is 53.4. The highest BCUT2D eigenvalue weighted by atomic mass is 16.6. The van der Waals surface area contributed by atoms with Gasteiger partial charge in [0.15, 0.2) is 6.10 Å². The van der Waals surface area contributed by atoms with Crippen LogP contribution in [-0.4, -0.2) is 37.2 Å². The van der Waals surface area contributed by atoms with Crippen molar-refractivity contribution in [1.29, 1.82) is 0 Å². The van der Waals surface area contributed by atoms with Crippen molar-refractivity contribution in [2.24, 2.45) is 0 Å². The molecule has 0 aromatic heterocycles. The van der Waals surface area contributed by atoms with E-state index in [0.717, 1.165) is 128 Å². The monoisotopic (exact) mass is 957 g/mol. The standard InChI is InChI=1S/C63H104O6/c1-4-7-10-13-16-19-22-25-27-29-31-33-35-38-41-44-47-50-53-56-62(65)68-59-60(58-67-61(64)55-52-49-46-43-40-37-24-21-18-15-12-9-6-3)69-63(66)57-54-51-48-45-42-39-36-34-32-30-28-26-23-20-17-14-11-8-5-2/h7-12,15-21,24-28,60H,4-6,13-14,22-23,29-59H2,1-3H3/b10-7-,11-8-,12-9-,18-15-,19-16-,20-17-,24-21-,27-25-,28-26-. The fourth-order valence-corrected chi connectivity index (χ4v) is 7.65. The molecule has 6 heteroatoms. The van der Waals surface area contributed by atoms with Crippen LogP contribution in [0.4, 0.5) is 0 Å². The van der Waals surface area contributed by atoms with Crippen LogP contribution in [0.3, 0.4) is 0 Å². The van der Waals surface area contributed by atoms with E-state index >= 15 is 0 Å². The Labute approximate surface area is 425 Å². The van der Waals surface area contributed by atoms with Gasteiger partial charge in [0, 0.05) is 19.3 Å². The number of rotatable bonds is 50. The van der Waals surface area contributed by atoms with Gasteiger partial charge in [-0.2, -0.15) is 0 Å². The zero-order valence-corrected chi connectivity index (χ0v) is 44.8. The van der Waals surface area contributed by atoms with Crippen LogP contribution >= 0.6 is 0 Å². The molecule has 0 rings (SSSR count). The normalized spacial score (nSPS) is 12.9. The molecule has 0 fully saturated rings. The molecule has 1 unspecified atom stereocenters. The predicted molar refractivity (Wildman–Crippen MR) is 297 cm³/mol. The van der Waals surface area contributed by atoms with Crippen molar-refractivity contribution in [3.05, 3.63) is 109 Å². The van der Waals surface area contributed by atoms with Crippen LogP contribution < -0.4 is 0 Å². The molecular formula is C63H104O6. The lowest BCUT2D eigenvalue weighted by Crippen LogP contribution is -2.30. The van der Waals surface area contributed by atoms with Crippen LogP contribution in [0.2, 0.25) is 0 Å². The van der Waals surface area contributed by atoms with Crippen molar-refractivity contribution < 1.29 is 28.6 Å². The molecule has 0 radical (unpaired) electrons. The first kappa shape index (κ1) is 65.1. The first-order valence-corrected chi connectivity index (χ1v) is 28.4. The third-order valence-corrected chi connectivity index (χ3v) is 11.8. The molecule has 0 bridgehead atoms. The van der Waals surface area contributed by atoms with Gasteiger partial charge in [-0.1, -0.05) is 239 Å². The number of carbonyl (C=O) groups excluding carboxylic acids is 3. The first-order valence-electron chi connectivity index (χ1n) is 28.4. The Bertz CT molecular complexity index is 1420. The minimum atomic E-state index is -0.794. The minimum absolute atomic E-state index is 0.0911. The van der Waals surface area contributed by atoms with Crippen molar-refractivity contribution in [3.8, 4) is 0 Å². The summed E-state index contributed by atoms with van der Waals surface area (Å²) in [6, 6.07) is 0. The molecule has 0 N–H and O–H groups in total. The van der Waals surface area contributed by atoms with Gasteiger partial charge in [0.25, 0.3) is 0 Å². The number of ether oxygens (including phenoxy) is 3. The lowest BCUT2D eigenvalue weighted by molar-refractivity contribution is -0.167.